The number of sulfonamides is 1. The van der Waals surface area contributed by atoms with Gasteiger partial charge >= 0.3 is 0 Å². The highest BCUT2D eigenvalue weighted by atomic mass is 35.5. The van der Waals surface area contributed by atoms with Gasteiger partial charge in [0.2, 0.25) is 11.8 Å². The van der Waals surface area contributed by atoms with Crippen LogP contribution in [0.1, 0.15) is 45.2 Å². The lowest BCUT2D eigenvalue weighted by Gasteiger charge is -2.33. The smallest absolute Gasteiger partial charge is 0.264 e. The van der Waals surface area contributed by atoms with Gasteiger partial charge in [0.25, 0.3) is 10.0 Å². The van der Waals surface area contributed by atoms with Crippen LogP contribution in [0.3, 0.4) is 0 Å². The van der Waals surface area contributed by atoms with E-state index in [-0.39, 0.29) is 29.1 Å². The summed E-state index contributed by atoms with van der Waals surface area (Å²) in [6.45, 7) is 8.86. The Bertz CT molecular complexity index is 1460. The molecule has 3 aromatic carbocycles. The fraction of sp³-hybridized carbons (Fsp3) is 0.355. The van der Waals surface area contributed by atoms with E-state index in [0.29, 0.717) is 34.4 Å². The molecule has 8 nitrogen and oxygen atoms in total. The molecule has 1 N–H and O–H groups in total. The van der Waals surface area contributed by atoms with Crippen molar-refractivity contribution in [1.82, 2.24) is 10.2 Å². The van der Waals surface area contributed by atoms with Crippen molar-refractivity contribution in [3.05, 3.63) is 87.9 Å². The Kier molecular flexibility index (Phi) is 11.7. The molecule has 0 saturated carbocycles. The lowest BCUT2D eigenvalue weighted by Crippen LogP contribution is -2.52. The van der Waals surface area contributed by atoms with E-state index in [1.165, 1.54) is 17.0 Å². The Morgan fingerprint density at radius 2 is 1.52 bits per heavy atom. The molecular formula is C31H37Cl2N3O5S. The normalized spacial score (nSPS) is 12.7. The second-order valence-electron chi connectivity index (χ2n) is 9.97. The van der Waals surface area contributed by atoms with E-state index in [0.717, 1.165) is 9.87 Å². The minimum atomic E-state index is -4.19. The summed E-state index contributed by atoms with van der Waals surface area (Å²) in [5.41, 5.74) is 1.60. The Morgan fingerprint density at radius 3 is 2.07 bits per heavy atom. The summed E-state index contributed by atoms with van der Waals surface area (Å²) in [5, 5.41) is 3.55. The van der Waals surface area contributed by atoms with Crippen LogP contribution in [0.5, 0.6) is 5.75 Å². The molecule has 0 saturated heterocycles. The van der Waals surface area contributed by atoms with Gasteiger partial charge in [-0.15, -0.1) is 0 Å². The van der Waals surface area contributed by atoms with E-state index < -0.39 is 28.5 Å². The second-order valence-corrected chi connectivity index (χ2v) is 12.6. The summed E-state index contributed by atoms with van der Waals surface area (Å²) in [6, 6.07) is 16.7. The number of nitrogens with zero attached hydrogens (tertiary/aromatic N) is 2. The SMILES string of the molecule is CCOc1ccc(N(CC(=O)N(Cc2c(Cl)cccc2Cl)C(C)C(=O)NC(C)CC)S(=O)(=O)c2ccc(C)cc2)cc1. The van der Waals surface area contributed by atoms with Crippen LogP contribution in [0.25, 0.3) is 0 Å². The molecule has 0 aromatic heterocycles. The summed E-state index contributed by atoms with van der Waals surface area (Å²) in [7, 11) is -4.19. The maximum absolute atomic E-state index is 14.1. The van der Waals surface area contributed by atoms with Crippen LogP contribution in [-0.2, 0) is 26.2 Å². The first kappa shape index (κ1) is 33.2. The molecule has 2 atom stereocenters. The number of ether oxygens (including phenoxy) is 1. The second kappa shape index (κ2) is 14.8. The first-order valence-electron chi connectivity index (χ1n) is 13.7. The molecule has 0 spiro atoms. The molecule has 0 fully saturated rings. The standard InChI is InChI=1S/C31H37Cl2N3O5S/c1-6-22(4)34-31(38)23(5)35(19-27-28(32)9-8-10-29(27)33)30(37)20-36(24-13-15-25(16-14-24)41-7-2)42(39,40)26-17-11-21(3)12-18-26/h8-18,22-23H,6-7,19-20H2,1-5H3,(H,34,38). The quantitative estimate of drug-likeness (QED) is 0.241. The minimum absolute atomic E-state index is 0.0260. The van der Waals surface area contributed by atoms with Crippen LogP contribution in [0.2, 0.25) is 10.0 Å². The lowest BCUT2D eigenvalue weighted by atomic mass is 10.1. The minimum Gasteiger partial charge on any atom is -0.494 e. The van der Waals surface area contributed by atoms with Crippen molar-refractivity contribution in [2.24, 2.45) is 0 Å². The third-order valence-corrected chi connectivity index (χ3v) is 9.38. The number of rotatable bonds is 13. The fourth-order valence-electron chi connectivity index (χ4n) is 4.14. The molecular weight excluding hydrogens is 597 g/mol. The Labute approximate surface area is 258 Å². The first-order valence-corrected chi connectivity index (χ1v) is 15.9. The highest BCUT2D eigenvalue weighted by Gasteiger charge is 2.33. The molecule has 42 heavy (non-hydrogen) atoms. The number of carbonyl (C=O) groups is 2. The molecule has 11 heteroatoms. The van der Waals surface area contributed by atoms with Crippen LogP contribution >= 0.6 is 23.2 Å². The average Bonchev–Trinajstić information content (AvgIpc) is 2.96. The zero-order valence-corrected chi connectivity index (χ0v) is 26.8. The number of carbonyl (C=O) groups excluding carboxylic acids is 2. The third kappa shape index (κ3) is 8.18. The van der Waals surface area contributed by atoms with Crippen molar-refractivity contribution in [2.75, 3.05) is 17.5 Å². The predicted octanol–water partition coefficient (Wildman–Crippen LogP) is 6.23. The summed E-state index contributed by atoms with van der Waals surface area (Å²) >= 11 is 12.9. The molecule has 0 bridgehead atoms. The van der Waals surface area contributed by atoms with Gasteiger partial charge in [-0.1, -0.05) is 53.9 Å². The molecule has 226 valence electrons. The van der Waals surface area contributed by atoms with Gasteiger partial charge in [-0.05, 0) is 82.6 Å². The number of aryl methyl sites for hydroxylation is 1. The largest absolute Gasteiger partial charge is 0.494 e. The number of nitrogens with one attached hydrogen (secondary N) is 1. The van der Waals surface area contributed by atoms with Gasteiger partial charge < -0.3 is 15.0 Å². The van der Waals surface area contributed by atoms with Gasteiger partial charge in [0, 0.05) is 28.2 Å². The number of hydrogen-bond acceptors (Lipinski definition) is 5. The summed E-state index contributed by atoms with van der Waals surface area (Å²) in [4.78, 5) is 28.6. The van der Waals surface area contributed by atoms with Crippen LogP contribution in [0, 0.1) is 6.92 Å². The number of anilines is 1. The molecule has 0 aliphatic rings. The van der Waals surface area contributed by atoms with Gasteiger partial charge in [0.1, 0.15) is 18.3 Å². The Morgan fingerprint density at radius 1 is 0.929 bits per heavy atom. The van der Waals surface area contributed by atoms with E-state index in [4.69, 9.17) is 27.9 Å². The van der Waals surface area contributed by atoms with Crippen LogP contribution in [0.15, 0.2) is 71.6 Å². The topological polar surface area (TPSA) is 96.0 Å². The maximum Gasteiger partial charge on any atom is 0.264 e. The molecule has 0 heterocycles. The van der Waals surface area contributed by atoms with Crippen molar-refractivity contribution in [2.45, 2.75) is 64.6 Å². The van der Waals surface area contributed by atoms with Crippen LogP contribution in [-0.4, -0.2) is 50.4 Å². The van der Waals surface area contributed by atoms with Gasteiger partial charge in [-0.3, -0.25) is 13.9 Å². The van der Waals surface area contributed by atoms with E-state index in [9.17, 15) is 18.0 Å². The number of halogens is 2. The van der Waals surface area contributed by atoms with Crippen LogP contribution < -0.4 is 14.4 Å². The van der Waals surface area contributed by atoms with E-state index in [1.807, 2.05) is 27.7 Å². The van der Waals surface area contributed by atoms with E-state index in [1.54, 1.807) is 61.5 Å². The zero-order chi connectivity index (χ0) is 31.0. The van der Waals surface area contributed by atoms with Crippen molar-refractivity contribution in [1.29, 1.82) is 0 Å². The van der Waals surface area contributed by atoms with E-state index >= 15 is 0 Å². The van der Waals surface area contributed by atoms with Crippen LogP contribution in [0.4, 0.5) is 5.69 Å². The van der Waals surface area contributed by atoms with Gasteiger partial charge in [-0.25, -0.2) is 8.42 Å². The average molecular weight is 635 g/mol. The lowest BCUT2D eigenvalue weighted by molar-refractivity contribution is -0.139. The molecule has 3 aromatic rings. The number of hydrogen-bond donors (Lipinski definition) is 1. The molecule has 3 rings (SSSR count). The van der Waals surface area contributed by atoms with Crippen molar-refractivity contribution in [3.63, 3.8) is 0 Å². The van der Waals surface area contributed by atoms with Gasteiger partial charge in [0.05, 0.1) is 17.2 Å². The fourth-order valence-corrected chi connectivity index (χ4v) is 6.07. The third-order valence-electron chi connectivity index (χ3n) is 6.88. The molecule has 0 radical (unpaired) electrons. The summed E-state index contributed by atoms with van der Waals surface area (Å²) in [6.07, 6.45) is 0.697. The summed E-state index contributed by atoms with van der Waals surface area (Å²) < 4.78 is 34.5. The van der Waals surface area contributed by atoms with Crippen molar-refractivity contribution in [3.8, 4) is 5.75 Å². The van der Waals surface area contributed by atoms with Crippen molar-refractivity contribution < 1.29 is 22.7 Å². The van der Waals surface area contributed by atoms with Crippen molar-refractivity contribution >= 4 is 50.7 Å². The van der Waals surface area contributed by atoms with Gasteiger partial charge in [-0.2, -0.15) is 0 Å². The summed E-state index contributed by atoms with van der Waals surface area (Å²) in [5.74, 6) is -0.428. The highest BCUT2D eigenvalue weighted by Crippen LogP contribution is 2.29. The first-order chi connectivity index (χ1) is 19.9. The monoisotopic (exact) mass is 633 g/mol. The molecule has 2 amide bonds. The molecule has 2 unspecified atom stereocenters. The Balaban J connectivity index is 2.07. The number of benzene rings is 3. The highest BCUT2D eigenvalue weighted by molar-refractivity contribution is 7.92. The predicted molar refractivity (Wildman–Crippen MR) is 168 cm³/mol. The van der Waals surface area contributed by atoms with E-state index in [2.05, 4.69) is 5.32 Å². The maximum atomic E-state index is 14.1. The number of amides is 2. The molecule has 0 aliphatic heterocycles. The Hall–Kier alpha value is -3.27. The zero-order valence-electron chi connectivity index (χ0n) is 24.4. The molecule has 0 aliphatic carbocycles. The van der Waals surface area contributed by atoms with Gasteiger partial charge in [0.15, 0.2) is 0 Å².